The van der Waals surface area contributed by atoms with E-state index in [1.807, 2.05) is 72.7 Å². The van der Waals surface area contributed by atoms with E-state index < -0.39 is 11.9 Å². The van der Waals surface area contributed by atoms with Crippen molar-refractivity contribution in [3.63, 3.8) is 0 Å². The normalized spacial score (nSPS) is 11.0. The number of benzene rings is 2. The molecule has 3 aromatic rings. The van der Waals surface area contributed by atoms with Crippen LogP contribution in [0.25, 0.3) is 0 Å². The van der Waals surface area contributed by atoms with Gasteiger partial charge >= 0.3 is 11.9 Å². The Morgan fingerprint density at radius 3 is 2.43 bits per heavy atom. The van der Waals surface area contributed by atoms with Crippen molar-refractivity contribution in [2.45, 2.75) is 19.1 Å². The average Bonchev–Trinajstić information content (AvgIpc) is 3.31. The first-order chi connectivity index (χ1) is 14.6. The molecule has 0 radical (unpaired) electrons. The lowest BCUT2D eigenvalue weighted by Gasteiger charge is -2.18. The molecule has 0 aliphatic carbocycles. The lowest BCUT2D eigenvalue weighted by molar-refractivity contribution is -0.138. The van der Waals surface area contributed by atoms with E-state index in [2.05, 4.69) is 10.7 Å². The number of esters is 2. The summed E-state index contributed by atoms with van der Waals surface area (Å²) in [6, 6.07) is 20.8. The predicted molar refractivity (Wildman–Crippen MR) is 108 cm³/mol. The van der Waals surface area contributed by atoms with E-state index in [1.165, 1.54) is 7.11 Å². The molecule has 3 rings (SSSR count). The van der Waals surface area contributed by atoms with E-state index in [0.29, 0.717) is 12.2 Å². The van der Waals surface area contributed by atoms with Crippen molar-refractivity contribution in [2.75, 3.05) is 7.11 Å². The molecule has 6 heteroatoms. The Hall–Kier alpha value is -3.98. The van der Waals surface area contributed by atoms with Crippen LogP contribution in [-0.2, 0) is 32.1 Å². The van der Waals surface area contributed by atoms with Crippen molar-refractivity contribution in [1.82, 2.24) is 0 Å². The summed E-state index contributed by atoms with van der Waals surface area (Å²) < 4.78 is 21.1. The number of para-hydroxylation sites is 1. The molecule has 0 saturated heterocycles. The van der Waals surface area contributed by atoms with Gasteiger partial charge in [-0.1, -0.05) is 42.5 Å². The first kappa shape index (κ1) is 20.7. The van der Waals surface area contributed by atoms with E-state index in [1.54, 1.807) is 6.26 Å². The Balaban J connectivity index is 1.66. The summed E-state index contributed by atoms with van der Waals surface area (Å²) in [6.07, 6.45) is 1.86. The maximum Gasteiger partial charge on any atom is 0.385 e. The van der Waals surface area contributed by atoms with Gasteiger partial charge in [-0.2, -0.15) is 0 Å². The highest BCUT2D eigenvalue weighted by atomic mass is 16.5. The first-order valence-electron chi connectivity index (χ1n) is 9.23. The number of furan rings is 1. The summed E-state index contributed by atoms with van der Waals surface area (Å²) in [5.74, 6) is 3.98. The minimum atomic E-state index is -0.799. The number of ether oxygens (including phenoxy) is 3. The summed E-state index contributed by atoms with van der Waals surface area (Å²) >= 11 is 0. The van der Waals surface area contributed by atoms with E-state index in [-0.39, 0.29) is 12.7 Å². The Labute approximate surface area is 174 Å². The lowest BCUT2D eigenvalue weighted by atomic mass is 10.0. The van der Waals surface area contributed by atoms with Crippen LogP contribution in [0.1, 0.15) is 23.0 Å². The highest BCUT2D eigenvalue weighted by Crippen LogP contribution is 2.26. The molecule has 1 unspecified atom stereocenters. The molecule has 0 saturated carbocycles. The summed E-state index contributed by atoms with van der Waals surface area (Å²) in [5, 5.41) is 0. The fourth-order valence-corrected chi connectivity index (χ4v) is 2.74. The van der Waals surface area contributed by atoms with Gasteiger partial charge in [0.05, 0.1) is 13.4 Å². The molecule has 6 nitrogen and oxygen atoms in total. The van der Waals surface area contributed by atoms with Crippen LogP contribution in [0.3, 0.4) is 0 Å². The number of carbonyl (C=O) groups excluding carboxylic acids is 2. The molecule has 0 spiro atoms. The fourth-order valence-electron chi connectivity index (χ4n) is 2.74. The molecular formula is C24H20O6. The van der Waals surface area contributed by atoms with E-state index in [9.17, 15) is 9.59 Å². The molecular weight excluding hydrogens is 384 g/mol. The second kappa shape index (κ2) is 10.5. The van der Waals surface area contributed by atoms with Crippen LogP contribution in [0.5, 0.6) is 5.75 Å². The maximum atomic E-state index is 11.6. The van der Waals surface area contributed by atoms with E-state index >= 15 is 0 Å². The largest absolute Gasteiger partial charge is 0.482 e. The van der Waals surface area contributed by atoms with E-state index in [4.69, 9.17) is 13.9 Å². The topological polar surface area (TPSA) is 75.0 Å². The highest BCUT2D eigenvalue weighted by molar-refractivity contribution is 5.98. The summed E-state index contributed by atoms with van der Waals surface area (Å²) in [5.41, 5.74) is 1.78. The molecule has 1 atom stereocenters. The van der Waals surface area contributed by atoms with Gasteiger partial charge < -0.3 is 18.6 Å². The highest BCUT2D eigenvalue weighted by Gasteiger charge is 2.17. The Morgan fingerprint density at radius 1 is 0.933 bits per heavy atom. The summed E-state index contributed by atoms with van der Waals surface area (Å²) in [6.45, 7) is 0.0352. The second-order valence-electron chi connectivity index (χ2n) is 6.28. The second-order valence-corrected chi connectivity index (χ2v) is 6.28. The molecule has 0 N–H and O–H groups in total. The van der Waals surface area contributed by atoms with Crippen molar-refractivity contribution >= 4 is 11.9 Å². The van der Waals surface area contributed by atoms with Gasteiger partial charge in [-0.3, -0.25) is 0 Å². The number of rotatable bonds is 7. The predicted octanol–water partition coefficient (Wildman–Crippen LogP) is 3.86. The zero-order valence-corrected chi connectivity index (χ0v) is 16.4. The quantitative estimate of drug-likeness (QED) is 0.338. The zero-order valence-electron chi connectivity index (χ0n) is 16.4. The molecule has 0 bridgehead atoms. The fraction of sp³-hybridized carbons (Fsp3) is 0.167. The van der Waals surface area contributed by atoms with Crippen LogP contribution in [-0.4, -0.2) is 19.0 Å². The van der Waals surface area contributed by atoms with Gasteiger partial charge in [-0.05, 0) is 35.4 Å². The monoisotopic (exact) mass is 404 g/mol. The Bertz CT molecular complexity index is 1030. The van der Waals surface area contributed by atoms with Crippen molar-refractivity contribution in [3.05, 3.63) is 89.9 Å². The van der Waals surface area contributed by atoms with Crippen LogP contribution in [0, 0.1) is 11.8 Å². The lowest BCUT2D eigenvalue weighted by Crippen LogP contribution is -2.10. The van der Waals surface area contributed by atoms with Gasteiger partial charge in [0.2, 0.25) is 0 Å². The van der Waals surface area contributed by atoms with Crippen LogP contribution in [0.15, 0.2) is 77.4 Å². The smallest absolute Gasteiger partial charge is 0.385 e. The zero-order chi connectivity index (χ0) is 21.2. The van der Waals surface area contributed by atoms with Crippen molar-refractivity contribution in [2.24, 2.45) is 0 Å². The average molecular weight is 404 g/mol. The Morgan fingerprint density at radius 2 is 1.70 bits per heavy atom. The minimum absolute atomic E-state index is 0.0352. The van der Waals surface area contributed by atoms with Crippen LogP contribution in [0.4, 0.5) is 0 Å². The summed E-state index contributed by atoms with van der Waals surface area (Å²) in [4.78, 5) is 22.6. The third kappa shape index (κ3) is 6.28. The first-order valence-corrected chi connectivity index (χ1v) is 9.23. The maximum absolute atomic E-state index is 11.6. The number of hydrogen-bond acceptors (Lipinski definition) is 6. The molecule has 152 valence electrons. The molecule has 1 aromatic heterocycles. The number of carbonyl (C=O) groups is 2. The third-order valence-electron chi connectivity index (χ3n) is 4.12. The summed E-state index contributed by atoms with van der Waals surface area (Å²) in [7, 11) is 1.19. The van der Waals surface area contributed by atoms with Gasteiger partial charge in [-0.25, -0.2) is 9.59 Å². The van der Waals surface area contributed by atoms with Gasteiger partial charge in [0, 0.05) is 18.3 Å². The SMILES string of the molecule is COC(=O)C#CC(=O)OCc1cccc(CC(Oc2ccccc2)c2ccco2)c1. The number of methoxy groups -OCH3 is 1. The molecule has 1 heterocycles. The Kier molecular flexibility index (Phi) is 7.28. The third-order valence-corrected chi connectivity index (χ3v) is 4.12. The van der Waals surface area contributed by atoms with Crippen molar-refractivity contribution in [3.8, 4) is 17.6 Å². The van der Waals surface area contributed by atoms with Crippen LogP contribution >= 0.6 is 0 Å². The number of hydrogen-bond donors (Lipinski definition) is 0. The molecule has 0 fully saturated rings. The van der Waals surface area contributed by atoms with Crippen molar-refractivity contribution in [1.29, 1.82) is 0 Å². The van der Waals surface area contributed by atoms with Gasteiger partial charge in [0.25, 0.3) is 0 Å². The molecule has 0 aliphatic rings. The molecule has 30 heavy (non-hydrogen) atoms. The van der Waals surface area contributed by atoms with Gasteiger partial charge in [0.15, 0.2) is 6.10 Å². The van der Waals surface area contributed by atoms with Gasteiger partial charge in [0.1, 0.15) is 18.1 Å². The van der Waals surface area contributed by atoms with Crippen LogP contribution < -0.4 is 4.74 Å². The standard InChI is InChI=1S/C24H20O6/c1-27-23(25)12-13-24(26)29-17-19-8-5-7-18(15-19)16-22(21-11-6-14-28-21)30-20-9-3-2-4-10-20/h2-11,14-15,22H,16-17H2,1H3. The van der Waals surface area contributed by atoms with Gasteiger partial charge in [-0.15, -0.1) is 0 Å². The van der Waals surface area contributed by atoms with Crippen LogP contribution in [0.2, 0.25) is 0 Å². The molecule has 0 amide bonds. The molecule has 0 aliphatic heterocycles. The molecule has 2 aromatic carbocycles. The minimum Gasteiger partial charge on any atom is -0.482 e. The van der Waals surface area contributed by atoms with E-state index in [0.717, 1.165) is 16.9 Å². The van der Waals surface area contributed by atoms with Crippen molar-refractivity contribution < 1.29 is 28.2 Å².